The molecule has 0 heterocycles. The largest absolute Gasteiger partial charge is 0.508 e. The summed E-state index contributed by atoms with van der Waals surface area (Å²) in [4.78, 5) is 0. The van der Waals surface area contributed by atoms with Crippen molar-refractivity contribution >= 4 is 0 Å². The average molecular weight is 346 g/mol. The second-order valence-corrected chi connectivity index (χ2v) is 5.90. The van der Waals surface area contributed by atoms with E-state index in [4.69, 9.17) is 9.47 Å². The van der Waals surface area contributed by atoms with Crippen LogP contribution in [0.5, 0.6) is 28.7 Å². The molecule has 0 bridgehead atoms. The first-order chi connectivity index (χ1) is 12.7. The van der Waals surface area contributed by atoms with Gasteiger partial charge in [-0.1, -0.05) is 43.3 Å². The summed E-state index contributed by atoms with van der Waals surface area (Å²) < 4.78 is 12.2. The van der Waals surface area contributed by atoms with Crippen molar-refractivity contribution in [2.75, 3.05) is 0 Å². The number of ether oxygens (including phenoxy) is 2. The van der Waals surface area contributed by atoms with E-state index < -0.39 is 0 Å². The minimum atomic E-state index is 0.193. The summed E-state index contributed by atoms with van der Waals surface area (Å²) in [5.41, 5.74) is 1.86. The third-order valence-electron chi connectivity index (χ3n) is 4.06. The lowest BCUT2D eigenvalue weighted by molar-refractivity contribution is 0.410. The molecule has 0 amide bonds. The highest BCUT2D eigenvalue weighted by atomic mass is 16.5. The Bertz CT molecular complexity index is 885. The Morgan fingerprint density at radius 3 is 2.42 bits per heavy atom. The number of phenols is 1. The fourth-order valence-corrected chi connectivity index (χ4v) is 2.67. The molecule has 3 heteroatoms. The number of hydrogen-bond donors (Lipinski definition) is 1. The van der Waals surface area contributed by atoms with Crippen LogP contribution in [0.3, 0.4) is 0 Å². The summed E-state index contributed by atoms with van der Waals surface area (Å²) >= 11 is 0. The van der Waals surface area contributed by atoms with Crippen molar-refractivity contribution in [3.05, 3.63) is 90.5 Å². The monoisotopic (exact) mass is 346 g/mol. The van der Waals surface area contributed by atoms with Gasteiger partial charge in [-0.15, -0.1) is 6.58 Å². The van der Waals surface area contributed by atoms with E-state index in [-0.39, 0.29) is 5.75 Å². The zero-order valence-corrected chi connectivity index (χ0v) is 14.8. The van der Waals surface area contributed by atoms with Crippen molar-refractivity contribution in [2.24, 2.45) is 0 Å². The van der Waals surface area contributed by atoms with Crippen LogP contribution >= 0.6 is 0 Å². The van der Waals surface area contributed by atoms with Crippen molar-refractivity contribution in [2.45, 2.75) is 19.8 Å². The van der Waals surface area contributed by atoms with Gasteiger partial charge in [0.25, 0.3) is 0 Å². The first-order valence-corrected chi connectivity index (χ1v) is 8.66. The average Bonchev–Trinajstić information content (AvgIpc) is 2.66. The van der Waals surface area contributed by atoms with E-state index in [9.17, 15) is 5.11 Å². The lowest BCUT2D eigenvalue weighted by Gasteiger charge is -2.16. The second kappa shape index (κ2) is 8.26. The van der Waals surface area contributed by atoms with E-state index in [0.29, 0.717) is 29.2 Å². The highest BCUT2D eigenvalue weighted by Gasteiger charge is 2.13. The van der Waals surface area contributed by atoms with Gasteiger partial charge in [0.15, 0.2) is 11.5 Å². The molecule has 1 N–H and O–H groups in total. The van der Waals surface area contributed by atoms with E-state index in [1.165, 1.54) is 0 Å². The first-order valence-electron chi connectivity index (χ1n) is 8.66. The van der Waals surface area contributed by atoms with Gasteiger partial charge < -0.3 is 14.6 Å². The van der Waals surface area contributed by atoms with Crippen LogP contribution in [0.25, 0.3) is 0 Å². The van der Waals surface area contributed by atoms with Crippen LogP contribution in [-0.4, -0.2) is 5.11 Å². The number of phenolic OH excluding ortho intramolecular Hbond substituents is 1. The molecular formula is C23H22O3. The van der Waals surface area contributed by atoms with Crippen LogP contribution in [0, 0.1) is 0 Å². The van der Waals surface area contributed by atoms with Crippen LogP contribution in [0.15, 0.2) is 79.4 Å². The zero-order valence-electron chi connectivity index (χ0n) is 14.8. The third-order valence-corrected chi connectivity index (χ3v) is 4.06. The molecule has 0 radical (unpaired) electrons. The standard InChI is InChI=1S/C23H22O3/c1-3-9-19-20(24)12-8-13-21(19)26-22-15-14-17(4-2)16-23(22)25-18-10-6-5-7-11-18/h3,5-8,10-16,24H,1,4,9H2,2H3. The normalized spacial score (nSPS) is 10.3. The van der Waals surface area contributed by atoms with Gasteiger partial charge in [0.1, 0.15) is 17.2 Å². The molecule has 3 aromatic carbocycles. The summed E-state index contributed by atoms with van der Waals surface area (Å²) in [5, 5.41) is 10.1. The van der Waals surface area contributed by atoms with Crippen LogP contribution in [-0.2, 0) is 12.8 Å². The van der Waals surface area contributed by atoms with Crippen molar-refractivity contribution < 1.29 is 14.6 Å². The van der Waals surface area contributed by atoms with E-state index in [0.717, 1.165) is 17.7 Å². The molecule has 3 nitrogen and oxygen atoms in total. The van der Waals surface area contributed by atoms with E-state index in [1.807, 2.05) is 54.6 Å². The summed E-state index contributed by atoms with van der Waals surface area (Å²) in [6.07, 6.45) is 3.16. The lowest BCUT2D eigenvalue weighted by atomic mass is 10.1. The molecule has 0 saturated heterocycles. The number of aromatic hydroxyl groups is 1. The highest BCUT2D eigenvalue weighted by molar-refractivity contribution is 5.51. The number of rotatable bonds is 7. The summed E-state index contributed by atoms with van der Waals surface area (Å²) in [6.45, 7) is 5.85. The fourth-order valence-electron chi connectivity index (χ4n) is 2.67. The Balaban J connectivity index is 1.97. The van der Waals surface area contributed by atoms with Crippen molar-refractivity contribution in [3.8, 4) is 28.7 Å². The van der Waals surface area contributed by atoms with E-state index in [1.54, 1.807) is 18.2 Å². The zero-order chi connectivity index (χ0) is 18.4. The predicted molar refractivity (Wildman–Crippen MR) is 104 cm³/mol. The number of hydrogen-bond acceptors (Lipinski definition) is 3. The molecule has 0 aliphatic rings. The topological polar surface area (TPSA) is 38.7 Å². The van der Waals surface area contributed by atoms with Crippen LogP contribution in [0.1, 0.15) is 18.1 Å². The maximum absolute atomic E-state index is 10.1. The van der Waals surface area contributed by atoms with Gasteiger partial charge in [-0.2, -0.15) is 0 Å². The van der Waals surface area contributed by atoms with Crippen LogP contribution in [0.2, 0.25) is 0 Å². The third kappa shape index (κ3) is 4.06. The van der Waals surface area contributed by atoms with Gasteiger partial charge in [0.05, 0.1) is 0 Å². The van der Waals surface area contributed by atoms with Crippen molar-refractivity contribution in [3.63, 3.8) is 0 Å². The van der Waals surface area contributed by atoms with Crippen molar-refractivity contribution in [1.82, 2.24) is 0 Å². The highest BCUT2D eigenvalue weighted by Crippen LogP contribution is 2.38. The van der Waals surface area contributed by atoms with Gasteiger partial charge >= 0.3 is 0 Å². The van der Waals surface area contributed by atoms with Gasteiger partial charge in [-0.25, -0.2) is 0 Å². The molecule has 0 aromatic heterocycles. The molecule has 0 spiro atoms. The number of benzene rings is 3. The maximum atomic E-state index is 10.1. The molecule has 3 rings (SSSR count). The Hall–Kier alpha value is -3.20. The smallest absolute Gasteiger partial charge is 0.170 e. The predicted octanol–water partition coefficient (Wildman–Crippen LogP) is 6.27. The molecular weight excluding hydrogens is 324 g/mol. The SMILES string of the molecule is C=CCc1c(O)cccc1Oc1ccc(CC)cc1Oc1ccccc1. The second-order valence-electron chi connectivity index (χ2n) is 5.90. The number of aryl methyl sites for hydroxylation is 1. The Morgan fingerprint density at radius 2 is 1.69 bits per heavy atom. The van der Waals surface area contributed by atoms with Crippen molar-refractivity contribution in [1.29, 1.82) is 0 Å². The Kier molecular flexibility index (Phi) is 5.59. The van der Waals surface area contributed by atoms with Gasteiger partial charge in [0, 0.05) is 5.56 Å². The lowest BCUT2D eigenvalue weighted by Crippen LogP contribution is -1.95. The first kappa shape index (κ1) is 17.6. The van der Waals surface area contributed by atoms with E-state index in [2.05, 4.69) is 13.5 Å². The maximum Gasteiger partial charge on any atom is 0.170 e. The van der Waals surface area contributed by atoms with Gasteiger partial charge in [-0.3, -0.25) is 0 Å². The summed E-state index contributed by atoms with van der Waals surface area (Å²) in [7, 11) is 0. The fraction of sp³-hybridized carbons (Fsp3) is 0.130. The molecule has 26 heavy (non-hydrogen) atoms. The minimum absolute atomic E-state index is 0.193. The molecule has 0 fully saturated rings. The Labute approximate surface area is 154 Å². The van der Waals surface area contributed by atoms with Crippen LogP contribution < -0.4 is 9.47 Å². The Morgan fingerprint density at radius 1 is 0.885 bits per heavy atom. The molecule has 0 saturated carbocycles. The molecule has 3 aromatic rings. The molecule has 0 unspecified atom stereocenters. The van der Waals surface area contributed by atoms with Gasteiger partial charge in [-0.05, 0) is 54.8 Å². The molecule has 132 valence electrons. The molecule has 0 atom stereocenters. The summed E-state index contributed by atoms with van der Waals surface area (Å²) in [6, 6.07) is 20.7. The van der Waals surface area contributed by atoms with Gasteiger partial charge in [0.2, 0.25) is 0 Å². The number of allylic oxidation sites excluding steroid dienone is 1. The molecule has 0 aliphatic carbocycles. The van der Waals surface area contributed by atoms with E-state index >= 15 is 0 Å². The number of para-hydroxylation sites is 1. The molecule has 0 aliphatic heterocycles. The van der Waals surface area contributed by atoms with Crippen LogP contribution in [0.4, 0.5) is 0 Å². The quantitative estimate of drug-likeness (QED) is 0.513. The minimum Gasteiger partial charge on any atom is -0.508 e. The summed E-state index contributed by atoms with van der Waals surface area (Å²) in [5.74, 6) is 2.77.